The minimum absolute atomic E-state index is 0.154. The molecular weight excluding hydrogens is 370 g/mol. The Labute approximate surface area is 158 Å². The van der Waals surface area contributed by atoms with Gasteiger partial charge in [-0.15, -0.1) is 0 Å². The lowest BCUT2D eigenvalue weighted by Gasteiger charge is -2.14. The highest BCUT2D eigenvalue weighted by atomic mass is 32.2. The van der Waals surface area contributed by atoms with Gasteiger partial charge in [0.05, 0.1) is 41.6 Å². The Bertz CT molecular complexity index is 1060. The van der Waals surface area contributed by atoms with Crippen LogP contribution < -0.4 is 11.3 Å². The number of carbonyl (C=O) groups excluding carboxylic acids is 2. The molecule has 0 bridgehead atoms. The fraction of sp³-hybridized carbons (Fsp3) is 0.222. The third-order valence-electron chi connectivity index (χ3n) is 3.92. The summed E-state index contributed by atoms with van der Waals surface area (Å²) >= 11 is 1.07. The van der Waals surface area contributed by atoms with Crippen molar-refractivity contribution in [3.05, 3.63) is 58.3 Å². The van der Waals surface area contributed by atoms with E-state index in [1.165, 1.54) is 36.1 Å². The minimum atomic E-state index is -0.596. The Kier molecular flexibility index (Phi) is 5.31. The maximum Gasteiger partial charge on any atom is 0.337 e. The van der Waals surface area contributed by atoms with Gasteiger partial charge >= 0.3 is 5.97 Å². The van der Waals surface area contributed by atoms with Crippen LogP contribution in [-0.2, 0) is 16.1 Å². The molecule has 1 amide bonds. The lowest BCUT2D eigenvalue weighted by molar-refractivity contribution is -0.117. The molecule has 27 heavy (non-hydrogen) atoms. The third kappa shape index (κ3) is 3.87. The molecule has 3 rings (SSSR count). The molecule has 0 aliphatic carbocycles. The van der Waals surface area contributed by atoms with Gasteiger partial charge in [0.25, 0.3) is 5.56 Å². The van der Waals surface area contributed by atoms with Gasteiger partial charge in [-0.2, -0.15) is 0 Å². The third-order valence-corrected chi connectivity index (χ3v) is 5.03. The van der Waals surface area contributed by atoms with E-state index in [1.54, 1.807) is 19.1 Å². The molecular formula is C18H17N3O5S. The number of nitrogens with zero attached hydrogens (tertiary/aromatic N) is 2. The standard InChI is InChI=1S/C18H17N3O5S/c1-10(15(19)22)27-18-20-14-8-11(17(24)25-2)5-6-13(14)16(23)21(18)9-12-4-3-7-26-12/h3-8,10H,9H2,1-2H3,(H2,19,22)/t10-/m1/s1. The normalized spacial score (nSPS) is 12.1. The molecule has 9 heteroatoms. The van der Waals surface area contributed by atoms with Crippen molar-refractivity contribution < 1.29 is 18.7 Å². The maximum absolute atomic E-state index is 13.0. The second-order valence-corrected chi connectivity index (χ2v) is 7.06. The van der Waals surface area contributed by atoms with Crippen LogP contribution in [0.5, 0.6) is 0 Å². The molecule has 140 valence electrons. The number of rotatable bonds is 6. The van der Waals surface area contributed by atoms with Crippen molar-refractivity contribution in [2.45, 2.75) is 23.9 Å². The van der Waals surface area contributed by atoms with Crippen molar-refractivity contribution >= 4 is 34.5 Å². The van der Waals surface area contributed by atoms with Gasteiger partial charge in [0.15, 0.2) is 5.16 Å². The summed E-state index contributed by atoms with van der Waals surface area (Å²) in [5.41, 5.74) is 5.64. The molecule has 0 saturated carbocycles. The number of nitrogens with two attached hydrogens (primary N) is 1. The Hall–Kier alpha value is -3.07. The summed E-state index contributed by atoms with van der Waals surface area (Å²) in [5, 5.41) is 0.0449. The molecule has 0 radical (unpaired) electrons. The fourth-order valence-corrected chi connectivity index (χ4v) is 3.31. The SMILES string of the molecule is COC(=O)c1ccc2c(=O)n(Cc3ccco3)c(S[C@H](C)C(N)=O)nc2c1. The fourth-order valence-electron chi connectivity index (χ4n) is 2.45. The van der Waals surface area contributed by atoms with E-state index in [0.717, 1.165) is 11.8 Å². The molecule has 0 unspecified atom stereocenters. The molecule has 3 aromatic rings. The van der Waals surface area contributed by atoms with Crippen molar-refractivity contribution in [3.63, 3.8) is 0 Å². The van der Waals surface area contributed by atoms with E-state index < -0.39 is 17.1 Å². The average Bonchev–Trinajstić information content (AvgIpc) is 3.16. The molecule has 2 aromatic heterocycles. The first-order valence-electron chi connectivity index (χ1n) is 8.02. The predicted octanol–water partition coefficient (Wildman–Crippen LogP) is 1.79. The smallest absolute Gasteiger partial charge is 0.337 e. The van der Waals surface area contributed by atoms with Crippen molar-refractivity contribution in [1.82, 2.24) is 9.55 Å². The summed E-state index contributed by atoms with van der Waals surface area (Å²) < 4.78 is 11.5. The average molecular weight is 387 g/mol. The minimum Gasteiger partial charge on any atom is -0.467 e. The van der Waals surface area contributed by atoms with Crippen LogP contribution in [0, 0.1) is 0 Å². The number of furan rings is 1. The van der Waals surface area contributed by atoms with E-state index in [1.807, 2.05) is 0 Å². The quantitative estimate of drug-likeness (QED) is 0.389. The van der Waals surface area contributed by atoms with Crippen LogP contribution in [0.2, 0.25) is 0 Å². The number of hydrogen-bond donors (Lipinski definition) is 1. The number of amides is 1. The number of benzene rings is 1. The molecule has 1 aromatic carbocycles. The van der Waals surface area contributed by atoms with Gasteiger partial charge in [-0.05, 0) is 37.3 Å². The second-order valence-electron chi connectivity index (χ2n) is 5.75. The summed E-state index contributed by atoms with van der Waals surface area (Å²) in [6, 6.07) is 7.98. The second kappa shape index (κ2) is 7.67. The van der Waals surface area contributed by atoms with Crippen molar-refractivity contribution in [1.29, 1.82) is 0 Å². The van der Waals surface area contributed by atoms with Crippen LogP contribution in [-0.4, -0.2) is 33.8 Å². The molecule has 0 saturated heterocycles. The first-order valence-corrected chi connectivity index (χ1v) is 8.90. The molecule has 0 fully saturated rings. The van der Waals surface area contributed by atoms with Crippen LogP contribution in [0.3, 0.4) is 0 Å². The highest BCUT2D eigenvalue weighted by Crippen LogP contribution is 2.23. The van der Waals surface area contributed by atoms with Crippen LogP contribution >= 0.6 is 11.8 Å². The van der Waals surface area contributed by atoms with Crippen molar-refractivity contribution in [2.24, 2.45) is 5.73 Å². The van der Waals surface area contributed by atoms with Crippen molar-refractivity contribution in [2.75, 3.05) is 7.11 Å². The van der Waals surface area contributed by atoms with E-state index in [4.69, 9.17) is 14.9 Å². The Balaban J connectivity index is 2.17. The number of aromatic nitrogens is 2. The van der Waals surface area contributed by atoms with Gasteiger partial charge in [0, 0.05) is 0 Å². The van der Waals surface area contributed by atoms with Crippen molar-refractivity contribution in [3.8, 4) is 0 Å². The van der Waals surface area contributed by atoms with Gasteiger partial charge in [-0.25, -0.2) is 9.78 Å². The summed E-state index contributed by atoms with van der Waals surface area (Å²) in [6.45, 7) is 1.78. The number of hydrogen-bond acceptors (Lipinski definition) is 7. The molecule has 2 N–H and O–H groups in total. The lowest BCUT2D eigenvalue weighted by Crippen LogP contribution is -2.27. The van der Waals surface area contributed by atoms with E-state index >= 15 is 0 Å². The number of ether oxygens (including phenoxy) is 1. The Morgan fingerprint density at radius 3 is 2.78 bits per heavy atom. The number of methoxy groups -OCH3 is 1. The summed E-state index contributed by atoms with van der Waals surface area (Å²) in [7, 11) is 1.27. The monoisotopic (exact) mass is 387 g/mol. The van der Waals surface area contributed by atoms with E-state index in [2.05, 4.69) is 4.98 Å². The number of esters is 1. The highest BCUT2D eigenvalue weighted by molar-refractivity contribution is 8.00. The first kappa shape index (κ1) is 18.7. The van der Waals surface area contributed by atoms with Gasteiger partial charge in [0.2, 0.25) is 5.91 Å². The zero-order valence-electron chi connectivity index (χ0n) is 14.7. The summed E-state index contributed by atoms with van der Waals surface area (Å²) in [4.78, 5) is 40.7. The first-order chi connectivity index (χ1) is 12.9. The zero-order chi connectivity index (χ0) is 19.6. The van der Waals surface area contributed by atoms with Gasteiger partial charge < -0.3 is 14.9 Å². The highest BCUT2D eigenvalue weighted by Gasteiger charge is 2.19. The summed E-state index contributed by atoms with van der Waals surface area (Å²) in [5.74, 6) is -0.488. The molecule has 0 aliphatic heterocycles. The zero-order valence-corrected chi connectivity index (χ0v) is 15.5. The number of thioether (sulfide) groups is 1. The van der Waals surface area contributed by atoms with Crippen LogP contribution in [0.1, 0.15) is 23.0 Å². The number of primary amides is 1. The topological polar surface area (TPSA) is 117 Å². The lowest BCUT2D eigenvalue weighted by atomic mass is 10.1. The molecule has 0 spiro atoms. The Morgan fingerprint density at radius 1 is 1.37 bits per heavy atom. The van der Waals surface area contributed by atoms with Crippen LogP contribution in [0.15, 0.2) is 51.0 Å². The molecule has 1 atom stereocenters. The van der Waals surface area contributed by atoms with Gasteiger partial charge in [-0.1, -0.05) is 11.8 Å². The number of carbonyl (C=O) groups is 2. The largest absolute Gasteiger partial charge is 0.467 e. The predicted molar refractivity (Wildman–Crippen MR) is 99.7 cm³/mol. The summed E-state index contributed by atoms with van der Waals surface area (Å²) in [6.07, 6.45) is 1.51. The number of fused-ring (bicyclic) bond motifs is 1. The van der Waals surface area contributed by atoms with E-state index in [-0.39, 0.29) is 17.7 Å². The van der Waals surface area contributed by atoms with E-state index in [9.17, 15) is 14.4 Å². The maximum atomic E-state index is 13.0. The van der Waals surface area contributed by atoms with Gasteiger partial charge in [-0.3, -0.25) is 14.2 Å². The molecule has 2 heterocycles. The van der Waals surface area contributed by atoms with Crippen LogP contribution in [0.4, 0.5) is 0 Å². The molecule has 8 nitrogen and oxygen atoms in total. The van der Waals surface area contributed by atoms with Gasteiger partial charge in [0.1, 0.15) is 5.76 Å². The van der Waals surface area contributed by atoms with E-state index in [0.29, 0.717) is 21.8 Å². The van der Waals surface area contributed by atoms with Crippen LogP contribution in [0.25, 0.3) is 10.9 Å². The Morgan fingerprint density at radius 2 is 2.15 bits per heavy atom. The molecule has 0 aliphatic rings.